The van der Waals surface area contributed by atoms with Crippen molar-refractivity contribution in [2.45, 2.75) is 52.4 Å². The van der Waals surface area contributed by atoms with Crippen LogP contribution in [0.3, 0.4) is 0 Å². The van der Waals surface area contributed by atoms with Gasteiger partial charge >= 0.3 is 0 Å². The Morgan fingerprint density at radius 1 is 0.529 bits per heavy atom. The van der Waals surface area contributed by atoms with E-state index >= 15 is 0 Å². The Kier molecular flexibility index (Phi) is 7.80. The van der Waals surface area contributed by atoms with Gasteiger partial charge in [-0.05, 0) is 69.2 Å². The van der Waals surface area contributed by atoms with Crippen LogP contribution in [0.15, 0.2) is 109 Å². The first kappa shape index (κ1) is 23.8. The Morgan fingerprint density at radius 2 is 1.12 bits per heavy atom. The van der Waals surface area contributed by atoms with Crippen molar-refractivity contribution in [2.24, 2.45) is 0 Å². The topological polar surface area (TPSA) is 0 Å². The second kappa shape index (κ2) is 11.2. The molecule has 0 nitrogen and oxygen atoms in total. The van der Waals surface area contributed by atoms with Gasteiger partial charge in [0.05, 0.1) is 0 Å². The molecule has 0 unspecified atom stereocenters. The fraction of sp³-hybridized carbons (Fsp3) is 0.235. The number of hydrogen-bond acceptors (Lipinski definition) is 0. The predicted octanol–water partition coefficient (Wildman–Crippen LogP) is 9.33. The van der Waals surface area contributed by atoms with Crippen LogP contribution in [0.1, 0.15) is 72.9 Å². The molecule has 0 heteroatoms. The van der Waals surface area contributed by atoms with Gasteiger partial charge < -0.3 is 0 Å². The standard InChI is InChI=1S/C34H36/c1-25(2)30-19-13-16-28(22-30)24-33(29-17-9-6-10-18-29)34(23-27-14-7-5-8-15-27)32-21-12-11-20-31(32)26(3)4/h5-22,25-26H,23-24H2,1-4H3/b34-33-. The number of hydrogen-bond donors (Lipinski definition) is 0. The van der Waals surface area contributed by atoms with Crippen molar-refractivity contribution in [2.75, 3.05) is 0 Å². The van der Waals surface area contributed by atoms with Crippen LogP contribution in [0.25, 0.3) is 11.1 Å². The SMILES string of the molecule is CC(C)c1cccc(C/C(=C(\Cc2ccccc2)c2ccccc2C(C)C)c2ccccc2)c1. The molecule has 0 aliphatic carbocycles. The van der Waals surface area contributed by atoms with Gasteiger partial charge in [0.25, 0.3) is 0 Å². The average molecular weight is 445 g/mol. The number of benzene rings is 4. The quantitative estimate of drug-likeness (QED) is 0.237. The average Bonchev–Trinajstić information content (AvgIpc) is 2.87. The monoisotopic (exact) mass is 444 g/mol. The first-order valence-electron chi connectivity index (χ1n) is 12.5. The minimum absolute atomic E-state index is 0.461. The number of rotatable bonds is 8. The lowest BCUT2D eigenvalue weighted by atomic mass is 9.83. The van der Waals surface area contributed by atoms with Gasteiger partial charge in [0.2, 0.25) is 0 Å². The smallest absolute Gasteiger partial charge is 0.00167 e. The van der Waals surface area contributed by atoms with E-state index in [1.54, 1.807) is 0 Å². The van der Waals surface area contributed by atoms with Crippen molar-refractivity contribution in [3.05, 3.63) is 143 Å². The maximum atomic E-state index is 2.39. The summed E-state index contributed by atoms with van der Waals surface area (Å²) in [5.74, 6) is 0.984. The summed E-state index contributed by atoms with van der Waals surface area (Å²) >= 11 is 0. The zero-order chi connectivity index (χ0) is 23.9. The van der Waals surface area contributed by atoms with Gasteiger partial charge in [0, 0.05) is 0 Å². The van der Waals surface area contributed by atoms with E-state index in [0.717, 1.165) is 12.8 Å². The minimum atomic E-state index is 0.461. The van der Waals surface area contributed by atoms with Crippen LogP contribution in [0.2, 0.25) is 0 Å². The fourth-order valence-corrected chi connectivity index (χ4v) is 4.73. The van der Waals surface area contributed by atoms with Gasteiger partial charge in [-0.2, -0.15) is 0 Å². The van der Waals surface area contributed by atoms with E-state index in [9.17, 15) is 0 Å². The highest BCUT2D eigenvalue weighted by molar-refractivity contribution is 5.93. The molecule has 0 radical (unpaired) electrons. The lowest BCUT2D eigenvalue weighted by Gasteiger charge is -2.22. The highest BCUT2D eigenvalue weighted by Gasteiger charge is 2.17. The van der Waals surface area contributed by atoms with Crippen LogP contribution >= 0.6 is 0 Å². The van der Waals surface area contributed by atoms with Crippen LogP contribution in [0.4, 0.5) is 0 Å². The number of allylic oxidation sites excluding steroid dienone is 2. The van der Waals surface area contributed by atoms with Crippen LogP contribution < -0.4 is 0 Å². The normalized spacial score (nSPS) is 12.2. The molecule has 0 spiro atoms. The summed E-state index contributed by atoms with van der Waals surface area (Å²) in [7, 11) is 0. The lowest BCUT2D eigenvalue weighted by molar-refractivity contribution is 0.861. The van der Waals surface area contributed by atoms with Gasteiger partial charge in [-0.3, -0.25) is 0 Å². The summed E-state index contributed by atoms with van der Waals surface area (Å²) in [6.45, 7) is 9.14. The molecule has 0 bridgehead atoms. The summed E-state index contributed by atoms with van der Waals surface area (Å²) in [6, 6.07) is 40.0. The first-order chi connectivity index (χ1) is 16.5. The van der Waals surface area contributed by atoms with E-state index in [4.69, 9.17) is 0 Å². The van der Waals surface area contributed by atoms with E-state index in [1.165, 1.54) is 44.5 Å². The zero-order valence-electron chi connectivity index (χ0n) is 21.0. The van der Waals surface area contributed by atoms with Crippen molar-refractivity contribution in [1.29, 1.82) is 0 Å². The highest BCUT2D eigenvalue weighted by Crippen LogP contribution is 2.36. The molecule has 34 heavy (non-hydrogen) atoms. The third kappa shape index (κ3) is 5.75. The molecule has 0 N–H and O–H groups in total. The molecule has 0 aliphatic heterocycles. The Morgan fingerprint density at radius 3 is 1.79 bits per heavy atom. The minimum Gasteiger partial charge on any atom is -0.0622 e. The molecular weight excluding hydrogens is 408 g/mol. The molecule has 4 aromatic carbocycles. The van der Waals surface area contributed by atoms with Crippen molar-refractivity contribution < 1.29 is 0 Å². The lowest BCUT2D eigenvalue weighted by Crippen LogP contribution is -2.04. The van der Waals surface area contributed by atoms with Crippen molar-refractivity contribution in [3.8, 4) is 0 Å². The summed E-state index contributed by atoms with van der Waals surface area (Å²) in [5, 5.41) is 0. The molecule has 0 aliphatic rings. The summed E-state index contributed by atoms with van der Waals surface area (Å²) in [6.07, 6.45) is 1.83. The van der Waals surface area contributed by atoms with Crippen LogP contribution in [-0.4, -0.2) is 0 Å². The second-order valence-electron chi connectivity index (χ2n) is 9.80. The molecule has 0 saturated carbocycles. The Labute approximate surface area is 206 Å². The zero-order valence-corrected chi connectivity index (χ0v) is 21.0. The van der Waals surface area contributed by atoms with E-state index in [0.29, 0.717) is 11.8 Å². The summed E-state index contributed by atoms with van der Waals surface area (Å²) in [4.78, 5) is 0. The molecule has 0 heterocycles. The first-order valence-corrected chi connectivity index (χ1v) is 12.5. The van der Waals surface area contributed by atoms with E-state index < -0.39 is 0 Å². The molecule has 0 fully saturated rings. The van der Waals surface area contributed by atoms with Crippen LogP contribution in [0.5, 0.6) is 0 Å². The highest BCUT2D eigenvalue weighted by atomic mass is 14.2. The molecule has 0 aromatic heterocycles. The van der Waals surface area contributed by atoms with E-state index in [-0.39, 0.29) is 0 Å². The predicted molar refractivity (Wildman–Crippen MR) is 148 cm³/mol. The van der Waals surface area contributed by atoms with Gasteiger partial charge in [0.15, 0.2) is 0 Å². The van der Waals surface area contributed by atoms with E-state index in [2.05, 4.69) is 137 Å². The molecular formula is C34H36. The Hall–Kier alpha value is -3.38. The van der Waals surface area contributed by atoms with Gasteiger partial charge in [-0.1, -0.05) is 137 Å². The van der Waals surface area contributed by atoms with Crippen molar-refractivity contribution in [3.63, 3.8) is 0 Å². The van der Waals surface area contributed by atoms with Crippen molar-refractivity contribution >= 4 is 11.1 Å². The molecule has 4 aromatic rings. The maximum Gasteiger partial charge on any atom is -0.00167 e. The van der Waals surface area contributed by atoms with Gasteiger partial charge in [0.1, 0.15) is 0 Å². The summed E-state index contributed by atoms with van der Waals surface area (Å²) in [5.41, 5.74) is 11.1. The Bertz CT molecular complexity index is 1230. The van der Waals surface area contributed by atoms with Gasteiger partial charge in [-0.15, -0.1) is 0 Å². The summed E-state index contributed by atoms with van der Waals surface area (Å²) < 4.78 is 0. The van der Waals surface area contributed by atoms with E-state index in [1.807, 2.05) is 0 Å². The van der Waals surface area contributed by atoms with Crippen LogP contribution in [-0.2, 0) is 12.8 Å². The molecule has 172 valence electrons. The van der Waals surface area contributed by atoms with Crippen molar-refractivity contribution in [1.82, 2.24) is 0 Å². The van der Waals surface area contributed by atoms with Crippen LogP contribution in [0, 0.1) is 0 Å². The Balaban J connectivity index is 1.95. The molecule has 4 rings (SSSR count). The third-order valence-electron chi connectivity index (χ3n) is 6.62. The molecule has 0 atom stereocenters. The molecule has 0 amide bonds. The third-order valence-corrected chi connectivity index (χ3v) is 6.62. The maximum absolute atomic E-state index is 2.39. The second-order valence-corrected chi connectivity index (χ2v) is 9.80. The fourth-order valence-electron chi connectivity index (χ4n) is 4.73. The molecule has 0 saturated heterocycles. The largest absolute Gasteiger partial charge is 0.0622 e. The van der Waals surface area contributed by atoms with Gasteiger partial charge in [-0.25, -0.2) is 0 Å².